The molecule has 1 saturated carbocycles. The molecule has 0 saturated heterocycles. The molecular weight excluding hydrogens is 413 g/mol. The van der Waals surface area contributed by atoms with Crippen LogP contribution in [0.2, 0.25) is 0 Å². The highest BCUT2D eigenvalue weighted by Crippen LogP contribution is 2.39. The van der Waals surface area contributed by atoms with Crippen LogP contribution in [0.4, 0.5) is 0 Å². The van der Waals surface area contributed by atoms with Crippen molar-refractivity contribution in [2.75, 3.05) is 39.3 Å². The summed E-state index contributed by atoms with van der Waals surface area (Å²) in [6.07, 6.45) is 0. The summed E-state index contributed by atoms with van der Waals surface area (Å²) in [5.74, 6) is 0. The molecule has 1 aliphatic rings. The summed E-state index contributed by atoms with van der Waals surface area (Å²) in [6.45, 7) is 5.14. The lowest BCUT2D eigenvalue weighted by Gasteiger charge is -2.37. The monoisotopic (exact) mass is 434 g/mol. The molecule has 0 radical (unpaired) electrons. The van der Waals surface area contributed by atoms with E-state index >= 15 is 0 Å². The Labute approximate surface area is 162 Å². The van der Waals surface area contributed by atoms with Crippen molar-refractivity contribution >= 4 is 69.6 Å². The van der Waals surface area contributed by atoms with E-state index in [1.54, 1.807) is 0 Å². The first kappa shape index (κ1) is 23.6. The average molecular weight is 437 g/mol. The summed E-state index contributed by atoms with van der Waals surface area (Å²) in [5, 5.41) is 3.71. The van der Waals surface area contributed by atoms with Gasteiger partial charge in [-0.25, -0.2) is 0 Å². The van der Waals surface area contributed by atoms with Gasteiger partial charge in [0.25, 0.3) is 0 Å². The van der Waals surface area contributed by atoms with E-state index in [9.17, 15) is 0 Å². The van der Waals surface area contributed by atoms with E-state index in [1.807, 2.05) is 0 Å². The maximum Gasteiger partial charge on any atom is 0.0693 e. The minimum atomic E-state index is -0.437. The molecule has 1 rings (SSSR count). The molecule has 6 N–H and O–H groups in total. The van der Waals surface area contributed by atoms with Gasteiger partial charge < -0.3 is 22.1 Å². The van der Waals surface area contributed by atoms with Gasteiger partial charge in [0.05, 0.1) is 32.3 Å². The van der Waals surface area contributed by atoms with Crippen LogP contribution in [0.15, 0.2) is 0 Å². The molecule has 134 valence electrons. The summed E-state index contributed by atoms with van der Waals surface area (Å²) in [5.41, 5.74) is 10.5. The SMILES string of the molecule is ClC1C(Cl)C(Cl)C(Cl)C(Cl)C1Cl.NCCNCCNCCN. The normalized spacial score (nSPS) is 34.9. The lowest BCUT2D eigenvalue weighted by atomic mass is 9.97. The average Bonchev–Trinajstić information content (AvgIpc) is 2.53. The van der Waals surface area contributed by atoms with Crippen molar-refractivity contribution in [2.45, 2.75) is 32.3 Å². The second-order valence-corrected chi connectivity index (χ2v) is 7.77. The fourth-order valence-electron chi connectivity index (χ4n) is 1.68. The molecule has 0 heterocycles. The van der Waals surface area contributed by atoms with Gasteiger partial charge in [-0.05, 0) is 0 Å². The Morgan fingerprint density at radius 2 is 0.727 bits per heavy atom. The van der Waals surface area contributed by atoms with Gasteiger partial charge in [-0.2, -0.15) is 0 Å². The van der Waals surface area contributed by atoms with Crippen molar-refractivity contribution in [3.63, 3.8) is 0 Å². The Bertz CT molecular complexity index is 209. The molecule has 0 aromatic heterocycles. The van der Waals surface area contributed by atoms with Crippen LogP contribution in [0, 0.1) is 0 Å². The first-order valence-corrected chi connectivity index (χ1v) is 9.66. The molecule has 0 atom stereocenters. The van der Waals surface area contributed by atoms with Crippen molar-refractivity contribution in [1.29, 1.82) is 0 Å². The van der Waals surface area contributed by atoms with Gasteiger partial charge in [0.2, 0.25) is 0 Å². The summed E-state index contributed by atoms with van der Waals surface area (Å²) >= 11 is 35.3. The third-order valence-corrected chi connectivity index (χ3v) is 6.98. The predicted molar refractivity (Wildman–Crippen MR) is 102 cm³/mol. The van der Waals surface area contributed by atoms with E-state index in [2.05, 4.69) is 10.6 Å². The summed E-state index contributed by atoms with van der Waals surface area (Å²) in [6, 6.07) is 0. The number of halogens is 6. The van der Waals surface area contributed by atoms with E-state index in [4.69, 9.17) is 81.1 Å². The number of hydrogen-bond acceptors (Lipinski definition) is 4. The molecule has 0 spiro atoms. The Morgan fingerprint density at radius 1 is 0.500 bits per heavy atom. The molecule has 22 heavy (non-hydrogen) atoms. The van der Waals surface area contributed by atoms with Gasteiger partial charge in [0.15, 0.2) is 0 Å². The fourth-order valence-corrected chi connectivity index (χ4v) is 4.01. The maximum absolute atomic E-state index is 5.88. The van der Waals surface area contributed by atoms with Crippen LogP contribution in [0.3, 0.4) is 0 Å². The zero-order chi connectivity index (χ0) is 17.1. The quantitative estimate of drug-likeness (QED) is 0.362. The lowest BCUT2D eigenvalue weighted by Crippen LogP contribution is -2.52. The topological polar surface area (TPSA) is 76.1 Å². The minimum absolute atomic E-state index is 0.437. The van der Waals surface area contributed by atoms with Crippen LogP contribution in [-0.2, 0) is 0 Å². The second-order valence-electron chi connectivity index (χ2n) is 4.74. The van der Waals surface area contributed by atoms with Crippen LogP contribution in [-0.4, -0.2) is 71.5 Å². The van der Waals surface area contributed by atoms with E-state index in [0.29, 0.717) is 13.1 Å². The molecule has 1 aliphatic carbocycles. The largest absolute Gasteiger partial charge is 0.329 e. The third kappa shape index (κ3) is 8.61. The smallest absolute Gasteiger partial charge is 0.0693 e. The molecule has 0 unspecified atom stereocenters. The second kappa shape index (κ2) is 13.8. The maximum atomic E-state index is 5.88. The highest BCUT2D eigenvalue weighted by Gasteiger charge is 2.46. The molecule has 0 aromatic rings. The highest BCUT2D eigenvalue weighted by molar-refractivity contribution is 6.45. The minimum Gasteiger partial charge on any atom is -0.329 e. The molecule has 0 amide bonds. The van der Waals surface area contributed by atoms with Crippen LogP contribution < -0.4 is 22.1 Å². The first-order chi connectivity index (χ1) is 10.4. The Balaban J connectivity index is 0.000000409. The van der Waals surface area contributed by atoms with Crippen molar-refractivity contribution in [1.82, 2.24) is 10.6 Å². The first-order valence-electron chi connectivity index (χ1n) is 7.04. The number of rotatable bonds is 7. The summed E-state index contributed by atoms with van der Waals surface area (Å²) < 4.78 is 0. The van der Waals surface area contributed by atoms with Gasteiger partial charge >= 0.3 is 0 Å². The van der Waals surface area contributed by atoms with E-state index in [-0.39, 0.29) is 0 Å². The van der Waals surface area contributed by atoms with Gasteiger partial charge in [0.1, 0.15) is 0 Å². The van der Waals surface area contributed by atoms with Crippen molar-refractivity contribution < 1.29 is 0 Å². The van der Waals surface area contributed by atoms with E-state index in [1.165, 1.54) is 0 Å². The Hall–Kier alpha value is 1.58. The zero-order valence-electron chi connectivity index (χ0n) is 12.1. The predicted octanol–water partition coefficient (Wildman–Crippen LogP) is 1.73. The van der Waals surface area contributed by atoms with Gasteiger partial charge in [-0.3, -0.25) is 0 Å². The molecule has 10 heteroatoms. The number of hydrogen-bond donors (Lipinski definition) is 4. The number of nitrogens with one attached hydrogen (secondary N) is 2. The standard InChI is InChI=1S/C6H6Cl6.C6H18N4/c7-1-2(8)4(10)6(12)5(11)3(1)9;7-1-3-9-5-6-10-4-2-8/h1-6H;9-10H,1-8H2. The fraction of sp³-hybridized carbons (Fsp3) is 1.00. The molecule has 1 fully saturated rings. The van der Waals surface area contributed by atoms with Gasteiger partial charge in [0, 0.05) is 39.3 Å². The van der Waals surface area contributed by atoms with Crippen LogP contribution in [0.25, 0.3) is 0 Å². The number of alkyl halides is 6. The van der Waals surface area contributed by atoms with Crippen LogP contribution in [0.1, 0.15) is 0 Å². The molecule has 0 aromatic carbocycles. The summed E-state index contributed by atoms with van der Waals surface area (Å²) in [4.78, 5) is 0. The van der Waals surface area contributed by atoms with E-state index in [0.717, 1.165) is 26.2 Å². The van der Waals surface area contributed by atoms with Crippen LogP contribution in [0.5, 0.6) is 0 Å². The molecular formula is C12H24Cl6N4. The summed E-state index contributed by atoms with van der Waals surface area (Å²) in [7, 11) is 0. The molecule has 0 aliphatic heterocycles. The Kier molecular flexibility index (Phi) is 14.8. The lowest BCUT2D eigenvalue weighted by molar-refractivity contribution is 0.544. The van der Waals surface area contributed by atoms with Crippen molar-refractivity contribution in [2.24, 2.45) is 11.5 Å². The third-order valence-electron chi connectivity index (χ3n) is 2.95. The van der Waals surface area contributed by atoms with Gasteiger partial charge in [-0.15, -0.1) is 69.6 Å². The van der Waals surface area contributed by atoms with Crippen LogP contribution >= 0.6 is 69.6 Å². The highest BCUT2D eigenvalue weighted by atomic mass is 35.5. The van der Waals surface area contributed by atoms with Crippen molar-refractivity contribution in [3.05, 3.63) is 0 Å². The van der Waals surface area contributed by atoms with Gasteiger partial charge in [-0.1, -0.05) is 0 Å². The molecule has 4 nitrogen and oxygen atoms in total. The van der Waals surface area contributed by atoms with E-state index < -0.39 is 32.3 Å². The zero-order valence-corrected chi connectivity index (χ0v) is 16.7. The van der Waals surface area contributed by atoms with Crippen molar-refractivity contribution in [3.8, 4) is 0 Å². The number of nitrogens with two attached hydrogens (primary N) is 2. The Morgan fingerprint density at radius 3 is 0.909 bits per heavy atom. The molecule has 0 bridgehead atoms.